The van der Waals surface area contributed by atoms with Gasteiger partial charge < -0.3 is 14.8 Å². The summed E-state index contributed by atoms with van der Waals surface area (Å²) in [5, 5.41) is 5.04. The molecule has 4 rings (SSSR count). The minimum atomic E-state index is -0.142. The Kier molecular flexibility index (Phi) is 5.28. The van der Waals surface area contributed by atoms with Crippen LogP contribution >= 0.6 is 11.3 Å². The van der Waals surface area contributed by atoms with E-state index in [0.29, 0.717) is 29.5 Å². The lowest BCUT2D eigenvalue weighted by Crippen LogP contribution is -2.26. The largest absolute Gasteiger partial charge is 0.340 e. The van der Waals surface area contributed by atoms with E-state index in [1.165, 1.54) is 10.4 Å². The Hall–Kier alpha value is -2.86. The molecule has 0 radical (unpaired) electrons. The maximum Gasteiger partial charge on any atom is 0.272 e. The van der Waals surface area contributed by atoms with Crippen LogP contribution < -0.4 is 5.32 Å². The first-order valence-corrected chi connectivity index (χ1v) is 10.7. The van der Waals surface area contributed by atoms with Crippen LogP contribution in [-0.4, -0.2) is 28.3 Å². The van der Waals surface area contributed by atoms with Crippen molar-refractivity contribution >= 4 is 28.8 Å². The maximum atomic E-state index is 12.9. The molecule has 5 nitrogen and oxygen atoms in total. The summed E-state index contributed by atoms with van der Waals surface area (Å²) in [6.07, 6.45) is 4.20. The predicted octanol–water partition coefficient (Wildman–Crippen LogP) is 5.03. The number of carbonyl (C=O) groups is 2. The van der Waals surface area contributed by atoms with Crippen LogP contribution in [0.15, 0.2) is 48.0 Å². The first kappa shape index (κ1) is 19.5. The summed E-state index contributed by atoms with van der Waals surface area (Å²) in [5.41, 5.74) is 4.03. The van der Waals surface area contributed by atoms with Gasteiger partial charge in [0.1, 0.15) is 5.69 Å². The number of anilines is 1. The lowest BCUT2D eigenvalue weighted by atomic mass is 10.1. The van der Waals surface area contributed by atoms with Crippen LogP contribution in [0.3, 0.4) is 0 Å². The lowest BCUT2D eigenvalue weighted by molar-refractivity contribution is 0.0786. The third kappa shape index (κ3) is 4.12. The van der Waals surface area contributed by atoms with Crippen LogP contribution in [0.2, 0.25) is 0 Å². The van der Waals surface area contributed by atoms with Crippen molar-refractivity contribution in [2.75, 3.05) is 12.4 Å². The van der Waals surface area contributed by atoms with Crippen molar-refractivity contribution in [3.63, 3.8) is 0 Å². The first-order valence-electron chi connectivity index (χ1n) is 9.81. The van der Waals surface area contributed by atoms with Crippen LogP contribution in [0.5, 0.6) is 0 Å². The normalized spacial score (nSPS) is 13.3. The summed E-state index contributed by atoms with van der Waals surface area (Å²) in [4.78, 5) is 28.6. The van der Waals surface area contributed by atoms with E-state index in [2.05, 4.69) is 18.3 Å². The fourth-order valence-electron chi connectivity index (χ4n) is 3.41. The van der Waals surface area contributed by atoms with E-state index in [4.69, 9.17) is 0 Å². The molecule has 1 aliphatic carbocycles. The highest BCUT2D eigenvalue weighted by Crippen LogP contribution is 2.36. The fourth-order valence-corrected chi connectivity index (χ4v) is 4.37. The average Bonchev–Trinajstić information content (AvgIpc) is 3.29. The van der Waals surface area contributed by atoms with Gasteiger partial charge in [-0.15, -0.1) is 11.3 Å². The number of aromatic nitrogens is 1. The van der Waals surface area contributed by atoms with Crippen LogP contribution in [0.25, 0.3) is 0 Å². The molecule has 1 N–H and O–H groups in total. The van der Waals surface area contributed by atoms with Crippen LogP contribution in [0.1, 0.15) is 55.7 Å². The molecule has 0 spiro atoms. The van der Waals surface area contributed by atoms with Crippen molar-refractivity contribution in [3.8, 4) is 0 Å². The second-order valence-corrected chi connectivity index (χ2v) is 8.70. The van der Waals surface area contributed by atoms with Gasteiger partial charge in [0.25, 0.3) is 11.8 Å². The molecule has 29 heavy (non-hydrogen) atoms. The minimum Gasteiger partial charge on any atom is -0.340 e. The molecular formula is C23H25N3O2S. The standard InChI is InChI=1S/C23H25N3O2S/c1-15-6-7-17(23(28)25(3)14-21-16(2)10-12-29-21)13-19(15)24-22(27)20-5-4-11-26(20)18-8-9-18/h4-7,10-13,18H,8-9,14H2,1-3H3,(H,24,27). The molecule has 2 amide bonds. The number of rotatable bonds is 6. The lowest BCUT2D eigenvalue weighted by Gasteiger charge is -2.18. The van der Waals surface area contributed by atoms with E-state index in [1.54, 1.807) is 22.3 Å². The monoisotopic (exact) mass is 407 g/mol. The molecule has 150 valence electrons. The Morgan fingerprint density at radius 2 is 1.97 bits per heavy atom. The molecule has 3 aromatic rings. The van der Waals surface area contributed by atoms with Crippen molar-refractivity contribution in [2.24, 2.45) is 0 Å². The molecule has 2 aromatic heterocycles. The van der Waals surface area contributed by atoms with Crippen molar-refractivity contribution in [1.29, 1.82) is 0 Å². The quantitative estimate of drug-likeness (QED) is 0.623. The number of benzene rings is 1. The van der Waals surface area contributed by atoms with E-state index < -0.39 is 0 Å². The van der Waals surface area contributed by atoms with E-state index in [9.17, 15) is 9.59 Å². The summed E-state index contributed by atoms with van der Waals surface area (Å²) in [7, 11) is 1.81. The zero-order chi connectivity index (χ0) is 20.5. The van der Waals surface area contributed by atoms with Gasteiger partial charge in [0, 0.05) is 35.4 Å². The Balaban J connectivity index is 1.51. The minimum absolute atomic E-state index is 0.0605. The van der Waals surface area contributed by atoms with Crippen molar-refractivity contribution < 1.29 is 9.59 Å². The Morgan fingerprint density at radius 1 is 1.17 bits per heavy atom. The number of amides is 2. The zero-order valence-corrected chi connectivity index (χ0v) is 17.8. The molecule has 1 aromatic carbocycles. The molecule has 0 unspecified atom stereocenters. The van der Waals surface area contributed by atoms with E-state index in [0.717, 1.165) is 18.4 Å². The molecule has 0 bridgehead atoms. The topological polar surface area (TPSA) is 54.3 Å². The summed E-state index contributed by atoms with van der Waals surface area (Å²) < 4.78 is 2.04. The molecule has 2 heterocycles. The number of nitrogens with zero attached hydrogens (tertiary/aromatic N) is 2. The average molecular weight is 408 g/mol. The van der Waals surface area contributed by atoms with E-state index >= 15 is 0 Å². The molecule has 6 heteroatoms. The number of carbonyl (C=O) groups excluding carboxylic acids is 2. The van der Waals surface area contributed by atoms with E-state index in [1.807, 2.05) is 54.4 Å². The van der Waals surface area contributed by atoms with Gasteiger partial charge in [-0.25, -0.2) is 0 Å². The van der Waals surface area contributed by atoms with Gasteiger partial charge in [0.2, 0.25) is 0 Å². The van der Waals surface area contributed by atoms with Crippen molar-refractivity contribution in [1.82, 2.24) is 9.47 Å². The number of hydrogen-bond donors (Lipinski definition) is 1. The number of aryl methyl sites for hydroxylation is 2. The summed E-state index contributed by atoms with van der Waals surface area (Å²) in [6, 6.07) is 11.7. The Labute approximate surface area is 175 Å². The van der Waals surface area contributed by atoms with Crippen LogP contribution in [0, 0.1) is 13.8 Å². The highest BCUT2D eigenvalue weighted by molar-refractivity contribution is 7.10. The Bertz CT molecular complexity index is 1060. The van der Waals surface area contributed by atoms with Gasteiger partial charge in [-0.2, -0.15) is 0 Å². The molecular weight excluding hydrogens is 382 g/mol. The number of thiophene rings is 1. The number of nitrogens with one attached hydrogen (secondary N) is 1. The highest BCUT2D eigenvalue weighted by atomic mass is 32.1. The van der Waals surface area contributed by atoms with Gasteiger partial charge in [0.05, 0.1) is 6.54 Å². The van der Waals surface area contributed by atoms with Gasteiger partial charge in [-0.1, -0.05) is 6.07 Å². The van der Waals surface area contributed by atoms with Gasteiger partial charge in [-0.05, 0) is 73.5 Å². The molecule has 1 fully saturated rings. The highest BCUT2D eigenvalue weighted by Gasteiger charge is 2.27. The smallest absolute Gasteiger partial charge is 0.272 e. The van der Waals surface area contributed by atoms with Crippen LogP contribution in [-0.2, 0) is 6.54 Å². The van der Waals surface area contributed by atoms with Gasteiger partial charge in [0.15, 0.2) is 0 Å². The Morgan fingerprint density at radius 3 is 2.66 bits per heavy atom. The first-order chi connectivity index (χ1) is 13.9. The second kappa shape index (κ2) is 7.87. The summed E-state index contributed by atoms with van der Waals surface area (Å²) in [5.74, 6) is -0.202. The molecule has 0 atom stereocenters. The predicted molar refractivity (Wildman–Crippen MR) is 117 cm³/mol. The van der Waals surface area contributed by atoms with Gasteiger partial charge in [-0.3, -0.25) is 9.59 Å². The zero-order valence-electron chi connectivity index (χ0n) is 16.9. The van der Waals surface area contributed by atoms with Crippen molar-refractivity contribution in [2.45, 2.75) is 39.3 Å². The molecule has 1 aliphatic rings. The summed E-state index contributed by atoms with van der Waals surface area (Å²) >= 11 is 1.66. The molecule has 0 saturated heterocycles. The number of hydrogen-bond acceptors (Lipinski definition) is 3. The third-order valence-corrected chi connectivity index (χ3v) is 6.39. The van der Waals surface area contributed by atoms with Crippen molar-refractivity contribution in [3.05, 3.63) is 75.2 Å². The third-order valence-electron chi connectivity index (χ3n) is 5.38. The maximum absolute atomic E-state index is 12.9. The summed E-state index contributed by atoms with van der Waals surface area (Å²) in [6.45, 7) is 4.57. The van der Waals surface area contributed by atoms with Crippen LogP contribution in [0.4, 0.5) is 5.69 Å². The SMILES string of the molecule is Cc1ccc(C(=O)N(C)Cc2sccc2C)cc1NC(=O)c1cccn1C1CC1. The second-order valence-electron chi connectivity index (χ2n) is 7.70. The molecule has 0 aliphatic heterocycles. The van der Waals surface area contributed by atoms with E-state index in [-0.39, 0.29) is 11.8 Å². The van der Waals surface area contributed by atoms with Gasteiger partial charge >= 0.3 is 0 Å². The molecule has 1 saturated carbocycles. The fraction of sp³-hybridized carbons (Fsp3) is 0.304.